The second-order valence-electron chi connectivity index (χ2n) is 8.54. The molecule has 11 heteroatoms. The van der Waals surface area contributed by atoms with Crippen LogP contribution in [0, 0.1) is 6.92 Å². The Balaban J connectivity index is 1.30. The maximum atomic E-state index is 13.2. The molecule has 1 aromatic carbocycles. The van der Waals surface area contributed by atoms with E-state index < -0.39 is 10.0 Å². The van der Waals surface area contributed by atoms with Crippen molar-refractivity contribution in [1.29, 1.82) is 0 Å². The number of nitrogens with zero attached hydrogens (tertiary/aromatic N) is 5. The predicted octanol–water partition coefficient (Wildman–Crippen LogP) is 2.29. The number of nitrogen functional groups attached to an aromatic ring is 1. The van der Waals surface area contributed by atoms with Gasteiger partial charge < -0.3 is 5.73 Å². The minimum absolute atomic E-state index is 0.0621. The molecule has 9 nitrogen and oxygen atoms in total. The molecule has 2 bridgehead atoms. The van der Waals surface area contributed by atoms with E-state index in [4.69, 9.17) is 5.73 Å². The lowest BCUT2D eigenvalue weighted by molar-refractivity contribution is -0.0719. The van der Waals surface area contributed by atoms with Crippen molar-refractivity contribution in [3.05, 3.63) is 52.9 Å². The standard InChI is InChI=1S/C20H19N7O2S2/c1-12-2-3-13(6-14(12)15-7-27-17(21)23-11-24-18(27)25-15)31(28,29)26-20-8-19(9-20,10-20)16-22-4-5-30-16/h2-7,11,26H,8-10H2,1H3,(H2,21,23,24,25). The normalized spacial score (nSPS) is 24.7. The van der Waals surface area contributed by atoms with Gasteiger partial charge in [-0.25, -0.2) is 33.1 Å². The number of rotatable bonds is 5. The van der Waals surface area contributed by atoms with Crippen LogP contribution in [0.25, 0.3) is 17.0 Å². The maximum absolute atomic E-state index is 13.2. The molecule has 0 atom stereocenters. The van der Waals surface area contributed by atoms with Gasteiger partial charge in [0.15, 0.2) is 0 Å². The van der Waals surface area contributed by atoms with Gasteiger partial charge in [0.2, 0.25) is 21.7 Å². The smallest absolute Gasteiger partial charge is 0.241 e. The fourth-order valence-electron chi connectivity index (χ4n) is 4.96. The fourth-order valence-corrected chi connectivity index (χ4v) is 7.22. The summed E-state index contributed by atoms with van der Waals surface area (Å²) in [6.07, 6.45) is 7.28. The Morgan fingerprint density at radius 1 is 1.19 bits per heavy atom. The Hall–Kier alpha value is -2.89. The number of benzene rings is 1. The molecule has 0 unspecified atom stereocenters. The summed E-state index contributed by atoms with van der Waals surface area (Å²) >= 11 is 1.64. The SMILES string of the molecule is Cc1ccc(S(=O)(=O)NC23CC(c4nccs4)(C2)C3)cc1-c1cn2c(N)ncnc2n1. The zero-order valence-corrected chi connectivity index (χ0v) is 18.2. The second-order valence-corrected chi connectivity index (χ2v) is 11.1. The number of sulfonamides is 1. The Morgan fingerprint density at radius 2 is 2.00 bits per heavy atom. The summed E-state index contributed by atoms with van der Waals surface area (Å²) in [5, 5.41) is 3.08. The van der Waals surface area contributed by atoms with Crippen LogP contribution < -0.4 is 10.5 Å². The van der Waals surface area contributed by atoms with E-state index in [1.54, 1.807) is 40.1 Å². The number of hydrogen-bond donors (Lipinski definition) is 2. The van der Waals surface area contributed by atoms with Gasteiger partial charge in [-0.1, -0.05) is 6.07 Å². The quantitative estimate of drug-likeness (QED) is 0.474. The molecule has 7 rings (SSSR count). The lowest BCUT2D eigenvalue weighted by Crippen LogP contribution is -2.76. The Labute approximate surface area is 182 Å². The highest BCUT2D eigenvalue weighted by atomic mass is 32.2. The zero-order chi connectivity index (χ0) is 21.4. The van der Waals surface area contributed by atoms with Crippen molar-refractivity contribution in [2.75, 3.05) is 5.73 Å². The molecule has 0 spiro atoms. The Kier molecular flexibility index (Phi) is 3.70. The van der Waals surface area contributed by atoms with Crippen LogP contribution >= 0.6 is 11.3 Å². The zero-order valence-electron chi connectivity index (χ0n) is 16.6. The maximum Gasteiger partial charge on any atom is 0.241 e. The summed E-state index contributed by atoms with van der Waals surface area (Å²) in [4.78, 5) is 17.2. The van der Waals surface area contributed by atoms with E-state index in [0.717, 1.165) is 29.8 Å². The van der Waals surface area contributed by atoms with Crippen molar-refractivity contribution in [3.8, 4) is 11.3 Å². The number of nitrogens with one attached hydrogen (secondary N) is 1. The van der Waals surface area contributed by atoms with Crippen molar-refractivity contribution in [3.63, 3.8) is 0 Å². The summed E-state index contributed by atoms with van der Waals surface area (Å²) in [7, 11) is -3.68. The van der Waals surface area contributed by atoms with Gasteiger partial charge in [-0.3, -0.25) is 4.40 Å². The number of imidazole rings is 1. The fraction of sp³-hybridized carbons (Fsp3) is 0.300. The lowest BCUT2D eigenvalue weighted by atomic mass is 9.40. The van der Waals surface area contributed by atoms with E-state index in [1.165, 1.54) is 6.33 Å². The van der Waals surface area contributed by atoms with Crippen molar-refractivity contribution in [1.82, 2.24) is 29.1 Å². The Morgan fingerprint density at radius 3 is 2.71 bits per heavy atom. The van der Waals surface area contributed by atoms with Gasteiger partial charge in [-0.05, 0) is 43.9 Å². The molecule has 3 fully saturated rings. The van der Waals surface area contributed by atoms with Crippen LogP contribution in [0.3, 0.4) is 0 Å². The molecule has 31 heavy (non-hydrogen) atoms. The monoisotopic (exact) mass is 453 g/mol. The molecular weight excluding hydrogens is 434 g/mol. The molecule has 0 saturated heterocycles. The molecule has 3 heterocycles. The van der Waals surface area contributed by atoms with Gasteiger partial charge >= 0.3 is 0 Å². The molecule has 3 aromatic heterocycles. The van der Waals surface area contributed by atoms with Gasteiger partial charge in [-0.15, -0.1) is 11.3 Å². The largest absolute Gasteiger partial charge is 0.369 e. The minimum Gasteiger partial charge on any atom is -0.369 e. The molecule has 0 aliphatic heterocycles. The average molecular weight is 454 g/mol. The van der Waals surface area contributed by atoms with E-state index in [1.807, 2.05) is 18.5 Å². The first kappa shape index (κ1) is 18.8. The third kappa shape index (κ3) is 2.73. The van der Waals surface area contributed by atoms with Crippen molar-refractivity contribution in [2.24, 2.45) is 0 Å². The molecular formula is C20H19N7O2S2. The van der Waals surface area contributed by atoms with Crippen LogP contribution in [0.2, 0.25) is 0 Å². The van der Waals surface area contributed by atoms with Gasteiger partial charge in [-0.2, -0.15) is 0 Å². The van der Waals surface area contributed by atoms with Crippen LogP contribution in [0.5, 0.6) is 0 Å². The third-order valence-electron chi connectivity index (χ3n) is 6.36. The number of aryl methyl sites for hydroxylation is 1. The molecule has 4 aromatic rings. The van der Waals surface area contributed by atoms with E-state index in [0.29, 0.717) is 17.0 Å². The first-order valence-corrected chi connectivity index (χ1v) is 12.2. The Bertz CT molecular complexity index is 1420. The highest BCUT2D eigenvalue weighted by molar-refractivity contribution is 7.89. The van der Waals surface area contributed by atoms with Gasteiger partial charge in [0.1, 0.15) is 6.33 Å². The first-order chi connectivity index (χ1) is 14.8. The molecule has 3 aliphatic rings. The van der Waals surface area contributed by atoms with Crippen LogP contribution in [0.1, 0.15) is 29.8 Å². The number of aromatic nitrogens is 5. The lowest BCUT2D eigenvalue weighted by Gasteiger charge is -2.69. The summed E-state index contributed by atoms with van der Waals surface area (Å²) in [6.45, 7) is 1.91. The summed E-state index contributed by atoms with van der Waals surface area (Å²) in [6, 6.07) is 5.08. The number of fused-ring (bicyclic) bond motifs is 1. The summed E-state index contributed by atoms with van der Waals surface area (Å²) in [5.41, 5.74) is 7.80. The first-order valence-electron chi connectivity index (χ1n) is 9.80. The number of hydrogen-bond acceptors (Lipinski definition) is 8. The summed E-state index contributed by atoms with van der Waals surface area (Å²) < 4.78 is 30.9. The van der Waals surface area contributed by atoms with Crippen LogP contribution in [-0.2, 0) is 15.4 Å². The molecule has 0 radical (unpaired) electrons. The minimum atomic E-state index is -3.68. The second kappa shape index (κ2) is 6.09. The van der Waals surface area contributed by atoms with Crippen molar-refractivity contribution >= 4 is 33.1 Å². The van der Waals surface area contributed by atoms with Crippen molar-refractivity contribution < 1.29 is 8.42 Å². The van der Waals surface area contributed by atoms with Gasteiger partial charge in [0.25, 0.3) is 0 Å². The van der Waals surface area contributed by atoms with Gasteiger partial charge in [0.05, 0.1) is 15.6 Å². The topological polar surface area (TPSA) is 128 Å². The van der Waals surface area contributed by atoms with Crippen LogP contribution in [-0.4, -0.2) is 38.3 Å². The predicted molar refractivity (Wildman–Crippen MR) is 116 cm³/mol. The van der Waals surface area contributed by atoms with E-state index >= 15 is 0 Å². The molecule has 0 amide bonds. The molecule has 3 saturated carbocycles. The van der Waals surface area contributed by atoms with Crippen molar-refractivity contribution in [2.45, 2.75) is 42.0 Å². The molecule has 158 valence electrons. The highest BCUT2D eigenvalue weighted by Gasteiger charge is 2.70. The van der Waals surface area contributed by atoms with E-state index in [2.05, 4.69) is 24.7 Å². The number of nitrogens with two attached hydrogens (primary N) is 1. The number of thiazole rings is 1. The van der Waals surface area contributed by atoms with Gasteiger partial charge in [0, 0.05) is 34.3 Å². The summed E-state index contributed by atoms with van der Waals surface area (Å²) in [5.74, 6) is 0.680. The number of anilines is 1. The van der Waals surface area contributed by atoms with Crippen LogP contribution in [0.4, 0.5) is 5.95 Å². The highest BCUT2D eigenvalue weighted by Crippen LogP contribution is 2.68. The van der Waals surface area contributed by atoms with E-state index in [-0.39, 0.29) is 21.8 Å². The van der Waals surface area contributed by atoms with Crippen LogP contribution in [0.15, 0.2) is 47.2 Å². The third-order valence-corrected chi connectivity index (χ3v) is 8.96. The molecule has 3 N–H and O–H groups in total. The average Bonchev–Trinajstić information content (AvgIpc) is 3.34. The van der Waals surface area contributed by atoms with E-state index in [9.17, 15) is 8.42 Å². The molecule has 3 aliphatic carbocycles.